The number of piperidine rings is 1. The highest BCUT2D eigenvalue weighted by Crippen LogP contribution is 2.31. The summed E-state index contributed by atoms with van der Waals surface area (Å²) in [5.41, 5.74) is 0.763. The monoisotopic (exact) mass is 472 g/mol. The number of hydrogen-bond donors (Lipinski definition) is 2. The van der Waals surface area contributed by atoms with Gasteiger partial charge in [0, 0.05) is 31.4 Å². The van der Waals surface area contributed by atoms with Gasteiger partial charge in [-0.1, -0.05) is 36.4 Å². The minimum absolute atomic E-state index is 0.107. The van der Waals surface area contributed by atoms with Gasteiger partial charge in [-0.2, -0.15) is 28.1 Å². The maximum absolute atomic E-state index is 13.0. The minimum Gasteiger partial charge on any atom is -0.464 e. The lowest BCUT2D eigenvalue weighted by Gasteiger charge is -2.32. The fourth-order valence-electron chi connectivity index (χ4n) is 3.83. The van der Waals surface area contributed by atoms with Crippen molar-refractivity contribution < 1.29 is 17.9 Å². The first-order valence-corrected chi connectivity index (χ1v) is 11.2. The summed E-state index contributed by atoms with van der Waals surface area (Å²) in [5.74, 6) is 0.441. The van der Waals surface area contributed by atoms with Crippen LogP contribution in [0.5, 0.6) is 6.01 Å². The number of ether oxygens (including phenoxy) is 1. The molecule has 1 fully saturated rings. The zero-order valence-electron chi connectivity index (χ0n) is 18.8. The average molecular weight is 473 g/mol. The number of aromatic nitrogens is 3. The number of likely N-dealkylation sites (tertiary alicyclic amines) is 1. The highest BCUT2D eigenvalue weighted by molar-refractivity contribution is 5.56. The summed E-state index contributed by atoms with van der Waals surface area (Å²) in [7, 11) is 0. The largest absolute Gasteiger partial charge is 0.464 e. The molecule has 0 radical (unpaired) electrons. The molecule has 1 saturated heterocycles. The van der Waals surface area contributed by atoms with E-state index in [1.165, 1.54) is 17.7 Å². The zero-order chi connectivity index (χ0) is 24.0. The van der Waals surface area contributed by atoms with E-state index >= 15 is 0 Å². The third-order valence-electron chi connectivity index (χ3n) is 5.50. The SMILES string of the molecule is CCOc1nc(Nc2cccc(C(F)(F)F)c2)nc(NC2CCN(Cc3ccccc3)CC2)n1. The standard InChI is InChI=1S/C24H27F3N6O/c1-2-34-23-31-21(28-19-11-13-33(14-12-19)16-17-7-4-3-5-8-17)30-22(32-23)29-20-10-6-9-18(15-20)24(25,26)27/h3-10,15,19H,2,11-14,16H2,1H3,(H2,28,29,30,31,32). The summed E-state index contributed by atoms with van der Waals surface area (Å²) < 4.78 is 44.6. The van der Waals surface area contributed by atoms with Crippen molar-refractivity contribution in [2.75, 3.05) is 30.3 Å². The molecule has 10 heteroatoms. The molecule has 1 aliphatic rings. The van der Waals surface area contributed by atoms with Gasteiger partial charge in [0.05, 0.1) is 12.2 Å². The molecule has 4 rings (SSSR count). The maximum atomic E-state index is 13.0. The van der Waals surface area contributed by atoms with Crippen molar-refractivity contribution >= 4 is 17.6 Å². The molecular formula is C24H27F3N6O. The van der Waals surface area contributed by atoms with Crippen molar-refractivity contribution in [3.05, 3.63) is 65.7 Å². The van der Waals surface area contributed by atoms with Crippen molar-refractivity contribution in [3.63, 3.8) is 0 Å². The van der Waals surface area contributed by atoms with Crippen LogP contribution >= 0.6 is 0 Å². The topological polar surface area (TPSA) is 75.2 Å². The van der Waals surface area contributed by atoms with Crippen LogP contribution in [0.3, 0.4) is 0 Å². The molecule has 0 amide bonds. The second-order valence-corrected chi connectivity index (χ2v) is 8.08. The second kappa shape index (κ2) is 10.7. The van der Waals surface area contributed by atoms with Crippen molar-refractivity contribution in [1.29, 1.82) is 0 Å². The Kier molecular flexibility index (Phi) is 7.46. The smallest absolute Gasteiger partial charge is 0.416 e. The maximum Gasteiger partial charge on any atom is 0.416 e. The van der Waals surface area contributed by atoms with Gasteiger partial charge in [0.2, 0.25) is 11.9 Å². The summed E-state index contributed by atoms with van der Waals surface area (Å²) >= 11 is 0. The number of anilines is 3. The fraction of sp³-hybridized carbons (Fsp3) is 0.375. The van der Waals surface area contributed by atoms with Crippen LogP contribution in [-0.2, 0) is 12.7 Å². The molecule has 0 saturated carbocycles. The molecule has 34 heavy (non-hydrogen) atoms. The molecule has 0 aliphatic carbocycles. The molecule has 2 heterocycles. The van der Waals surface area contributed by atoms with Gasteiger partial charge >= 0.3 is 12.2 Å². The Bertz CT molecular complexity index is 1070. The number of nitrogens with zero attached hydrogens (tertiary/aromatic N) is 4. The van der Waals surface area contributed by atoms with Gasteiger partial charge in [0.1, 0.15) is 0 Å². The Labute approximate surface area is 196 Å². The Morgan fingerprint density at radius 2 is 1.71 bits per heavy atom. The van der Waals surface area contributed by atoms with E-state index in [1.807, 2.05) is 18.2 Å². The molecule has 0 bridgehead atoms. The van der Waals surface area contributed by atoms with Gasteiger partial charge in [-0.25, -0.2) is 0 Å². The molecule has 2 N–H and O–H groups in total. The van der Waals surface area contributed by atoms with E-state index in [4.69, 9.17) is 4.74 Å². The molecular weight excluding hydrogens is 445 g/mol. The number of alkyl halides is 3. The van der Waals surface area contributed by atoms with Gasteiger partial charge in [-0.15, -0.1) is 0 Å². The van der Waals surface area contributed by atoms with E-state index in [9.17, 15) is 13.2 Å². The summed E-state index contributed by atoms with van der Waals surface area (Å²) in [4.78, 5) is 15.3. The summed E-state index contributed by atoms with van der Waals surface area (Å²) in [6, 6.07) is 15.5. The molecule has 7 nitrogen and oxygen atoms in total. The Morgan fingerprint density at radius 3 is 2.41 bits per heavy atom. The Balaban J connectivity index is 1.41. The number of benzene rings is 2. The van der Waals surface area contributed by atoms with Crippen LogP contribution in [0, 0.1) is 0 Å². The number of rotatable bonds is 8. The molecule has 1 aromatic heterocycles. The van der Waals surface area contributed by atoms with Crippen LogP contribution in [0.1, 0.15) is 30.9 Å². The van der Waals surface area contributed by atoms with E-state index in [0.717, 1.165) is 44.6 Å². The van der Waals surface area contributed by atoms with E-state index in [2.05, 4.69) is 42.6 Å². The predicted molar refractivity (Wildman–Crippen MR) is 124 cm³/mol. The number of halogens is 3. The zero-order valence-corrected chi connectivity index (χ0v) is 18.8. The van der Waals surface area contributed by atoms with Gasteiger partial charge in [0.15, 0.2) is 0 Å². The quantitative estimate of drug-likeness (QED) is 0.472. The van der Waals surface area contributed by atoms with Gasteiger partial charge in [-0.3, -0.25) is 4.90 Å². The molecule has 0 unspecified atom stereocenters. The molecule has 1 aliphatic heterocycles. The van der Waals surface area contributed by atoms with E-state index in [1.54, 1.807) is 6.92 Å². The normalized spacial score (nSPS) is 15.2. The Morgan fingerprint density at radius 1 is 0.971 bits per heavy atom. The lowest BCUT2D eigenvalue weighted by molar-refractivity contribution is -0.137. The fourth-order valence-corrected chi connectivity index (χ4v) is 3.83. The van der Waals surface area contributed by atoms with Crippen LogP contribution in [0.4, 0.5) is 30.8 Å². The van der Waals surface area contributed by atoms with Gasteiger partial charge < -0.3 is 15.4 Å². The van der Waals surface area contributed by atoms with Crippen LogP contribution in [0.15, 0.2) is 54.6 Å². The predicted octanol–water partition coefficient (Wildman–Crippen LogP) is 5.11. The third-order valence-corrected chi connectivity index (χ3v) is 5.50. The average Bonchev–Trinajstić information content (AvgIpc) is 2.81. The van der Waals surface area contributed by atoms with Crippen molar-refractivity contribution in [1.82, 2.24) is 19.9 Å². The molecule has 2 aromatic carbocycles. The lowest BCUT2D eigenvalue weighted by atomic mass is 10.0. The molecule has 3 aromatic rings. The van der Waals surface area contributed by atoms with Gasteiger partial charge in [0.25, 0.3) is 0 Å². The highest BCUT2D eigenvalue weighted by atomic mass is 19.4. The highest BCUT2D eigenvalue weighted by Gasteiger charge is 2.30. The Hall–Kier alpha value is -3.40. The summed E-state index contributed by atoms with van der Waals surface area (Å²) in [6.45, 7) is 4.94. The number of hydrogen-bond acceptors (Lipinski definition) is 7. The van der Waals surface area contributed by atoms with E-state index in [-0.39, 0.29) is 23.7 Å². The van der Waals surface area contributed by atoms with Crippen LogP contribution in [0.25, 0.3) is 0 Å². The summed E-state index contributed by atoms with van der Waals surface area (Å²) in [5, 5.41) is 6.17. The van der Waals surface area contributed by atoms with E-state index < -0.39 is 11.7 Å². The van der Waals surface area contributed by atoms with Crippen LogP contribution < -0.4 is 15.4 Å². The van der Waals surface area contributed by atoms with Crippen molar-refractivity contribution in [3.8, 4) is 6.01 Å². The first-order valence-electron chi connectivity index (χ1n) is 11.2. The molecule has 0 spiro atoms. The lowest BCUT2D eigenvalue weighted by Crippen LogP contribution is -2.39. The minimum atomic E-state index is -4.44. The second-order valence-electron chi connectivity index (χ2n) is 8.08. The molecule has 0 atom stereocenters. The first kappa shape index (κ1) is 23.7. The van der Waals surface area contributed by atoms with Crippen LogP contribution in [0.2, 0.25) is 0 Å². The van der Waals surface area contributed by atoms with Crippen LogP contribution in [-0.4, -0.2) is 45.6 Å². The summed E-state index contributed by atoms with van der Waals surface area (Å²) in [6.07, 6.45) is -2.60. The van der Waals surface area contributed by atoms with Crippen molar-refractivity contribution in [2.45, 2.75) is 38.5 Å². The first-order chi connectivity index (χ1) is 16.4. The molecule has 180 valence electrons. The number of nitrogens with one attached hydrogen (secondary N) is 2. The third kappa shape index (κ3) is 6.57. The van der Waals surface area contributed by atoms with Crippen molar-refractivity contribution in [2.24, 2.45) is 0 Å². The van der Waals surface area contributed by atoms with E-state index in [0.29, 0.717) is 12.6 Å². The van der Waals surface area contributed by atoms with Gasteiger partial charge in [-0.05, 0) is 43.5 Å².